The summed E-state index contributed by atoms with van der Waals surface area (Å²) in [5, 5.41) is 9.59. The molecule has 1 aromatic rings. The van der Waals surface area contributed by atoms with Gasteiger partial charge in [-0.05, 0) is 87.9 Å². The maximum Gasteiger partial charge on any atom is 0.139 e. The van der Waals surface area contributed by atoms with Gasteiger partial charge in [0.15, 0.2) is 0 Å². The van der Waals surface area contributed by atoms with Crippen molar-refractivity contribution in [1.29, 1.82) is 0 Å². The third-order valence-corrected chi connectivity index (χ3v) is 7.36. The minimum absolute atomic E-state index is 0.423. The Labute approximate surface area is 132 Å². The van der Waals surface area contributed by atoms with Crippen molar-refractivity contribution in [3.63, 3.8) is 0 Å². The third-order valence-electron chi connectivity index (χ3n) is 7.36. The zero-order valence-electron chi connectivity index (χ0n) is 13.5. The fourth-order valence-corrected chi connectivity index (χ4v) is 6.51. The molecular weight excluding hydrogens is 270 g/mol. The standard InChI is InChI=1S/C19H27N3/c1-2-12(1)8-17-20-21-18(22(17)16-3-4-16)19-9-13-5-14(10-19)7-15(6-13)11-19/h12-16H,1-11H2. The van der Waals surface area contributed by atoms with E-state index in [-0.39, 0.29) is 0 Å². The van der Waals surface area contributed by atoms with E-state index < -0.39 is 0 Å². The predicted molar refractivity (Wildman–Crippen MR) is 84.6 cm³/mol. The van der Waals surface area contributed by atoms with Crippen LogP contribution in [0, 0.1) is 23.7 Å². The summed E-state index contributed by atoms with van der Waals surface area (Å²) in [4.78, 5) is 0. The molecule has 3 heteroatoms. The average Bonchev–Trinajstić information content (AvgIpc) is 3.38. The number of nitrogens with zero attached hydrogens (tertiary/aromatic N) is 3. The molecule has 0 amide bonds. The second-order valence-corrected chi connectivity index (χ2v) is 9.39. The lowest BCUT2D eigenvalue weighted by Gasteiger charge is -2.56. The molecule has 1 aromatic heterocycles. The van der Waals surface area contributed by atoms with Crippen LogP contribution in [0.15, 0.2) is 0 Å². The molecule has 3 nitrogen and oxygen atoms in total. The van der Waals surface area contributed by atoms with Gasteiger partial charge in [0.1, 0.15) is 11.6 Å². The fraction of sp³-hybridized carbons (Fsp3) is 0.895. The second-order valence-electron chi connectivity index (χ2n) is 9.39. The van der Waals surface area contributed by atoms with E-state index in [0.717, 1.165) is 29.7 Å². The van der Waals surface area contributed by atoms with Crippen LogP contribution in [0.5, 0.6) is 0 Å². The third kappa shape index (κ3) is 1.80. The van der Waals surface area contributed by atoms with Crippen LogP contribution in [-0.4, -0.2) is 14.8 Å². The highest BCUT2D eigenvalue weighted by Gasteiger charge is 2.54. The van der Waals surface area contributed by atoms with Crippen LogP contribution >= 0.6 is 0 Å². The van der Waals surface area contributed by atoms with Crippen molar-refractivity contribution >= 4 is 0 Å². The number of hydrogen-bond acceptors (Lipinski definition) is 2. The van der Waals surface area contributed by atoms with Crippen LogP contribution in [-0.2, 0) is 11.8 Å². The molecule has 0 radical (unpaired) electrons. The van der Waals surface area contributed by atoms with Gasteiger partial charge in [-0.1, -0.05) is 0 Å². The van der Waals surface area contributed by atoms with Crippen molar-refractivity contribution in [2.45, 2.75) is 82.1 Å². The van der Waals surface area contributed by atoms with E-state index in [9.17, 15) is 0 Å². The molecule has 0 aliphatic heterocycles. The van der Waals surface area contributed by atoms with Crippen molar-refractivity contribution in [2.24, 2.45) is 23.7 Å². The molecule has 6 aliphatic carbocycles. The zero-order chi connectivity index (χ0) is 14.3. The Morgan fingerprint density at radius 3 is 2.05 bits per heavy atom. The first-order valence-electron chi connectivity index (χ1n) is 9.73. The molecule has 1 heterocycles. The zero-order valence-corrected chi connectivity index (χ0v) is 13.5. The van der Waals surface area contributed by atoms with Crippen LogP contribution in [0.4, 0.5) is 0 Å². The largest absolute Gasteiger partial charge is 0.311 e. The molecule has 6 saturated carbocycles. The van der Waals surface area contributed by atoms with Gasteiger partial charge in [0.25, 0.3) is 0 Å². The van der Waals surface area contributed by atoms with E-state index >= 15 is 0 Å². The first kappa shape index (κ1) is 12.5. The Bertz CT molecular complexity index is 573. The molecule has 0 atom stereocenters. The van der Waals surface area contributed by atoms with Crippen LogP contribution < -0.4 is 0 Å². The number of hydrogen-bond donors (Lipinski definition) is 0. The highest BCUT2D eigenvalue weighted by molar-refractivity contribution is 5.21. The fourth-order valence-electron chi connectivity index (χ4n) is 6.51. The molecule has 118 valence electrons. The lowest BCUT2D eigenvalue weighted by Crippen LogP contribution is -2.49. The maximum atomic E-state index is 4.86. The molecule has 0 N–H and O–H groups in total. The van der Waals surface area contributed by atoms with Crippen molar-refractivity contribution in [1.82, 2.24) is 14.8 Å². The van der Waals surface area contributed by atoms with Crippen LogP contribution in [0.3, 0.4) is 0 Å². The van der Waals surface area contributed by atoms with Crippen LogP contribution in [0.1, 0.15) is 81.9 Å². The van der Waals surface area contributed by atoms with Crippen molar-refractivity contribution in [2.75, 3.05) is 0 Å². The lowest BCUT2D eigenvalue weighted by atomic mass is 9.49. The summed E-state index contributed by atoms with van der Waals surface area (Å²) in [6.45, 7) is 0. The van der Waals surface area contributed by atoms with Crippen LogP contribution in [0.2, 0.25) is 0 Å². The van der Waals surface area contributed by atoms with Crippen LogP contribution in [0.25, 0.3) is 0 Å². The first-order valence-corrected chi connectivity index (χ1v) is 9.73. The molecule has 6 aliphatic rings. The van der Waals surface area contributed by atoms with Crippen molar-refractivity contribution in [3.05, 3.63) is 11.6 Å². The normalized spacial score (nSPS) is 43.0. The van der Waals surface area contributed by atoms with E-state index in [2.05, 4.69) is 4.57 Å². The van der Waals surface area contributed by atoms with E-state index in [1.54, 1.807) is 0 Å². The second kappa shape index (κ2) is 4.15. The minimum atomic E-state index is 0.423. The maximum absolute atomic E-state index is 4.86. The lowest BCUT2D eigenvalue weighted by molar-refractivity contribution is -0.0112. The molecule has 6 fully saturated rings. The Balaban J connectivity index is 1.42. The van der Waals surface area contributed by atoms with Gasteiger partial charge in [0.2, 0.25) is 0 Å². The molecule has 4 bridgehead atoms. The predicted octanol–water partition coefficient (Wildman–Crippen LogP) is 4.03. The molecule has 0 spiro atoms. The Morgan fingerprint density at radius 2 is 1.50 bits per heavy atom. The van der Waals surface area contributed by atoms with E-state index in [4.69, 9.17) is 10.2 Å². The van der Waals surface area contributed by atoms with Crippen molar-refractivity contribution < 1.29 is 0 Å². The molecular formula is C19H27N3. The highest BCUT2D eigenvalue weighted by Crippen LogP contribution is 2.61. The topological polar surface area (TPSA) is 30.7 Å². The summed E-state index contributed by atoms with van der Waals surface area (Å²) in [5.74, 6) is 6.71. The SMILES string of the molecule is C1CC1Cc1nnc(C23CC4CC(CC(C4)C2)C3)n1C1CC1. The minimum Gasteiger partial charge on any atom is -0.311 e. The van der Waals surface area contributed by atoms with Gasteiger partial charge in [0.05, 0.1) is 0 Å². The summed E-state index contributed by atoms with van der Waals surface area (Å²) in [7, 11) is 0. The van der Waals surface area contributed by atoms with Gasteiger partial charge in [-0.15, -0.1) is 10.2 Å². The first-order chi connectivity index (χ1) is 10.8. The Hall–Kier alpha value is -0.860. The molecule has 0 unspecified atom stereocenters. The quantitative estimate of drug-likeness (QED) is 0.840. The number of rotatable bonds is 4. The smallest absolute Gasteiger partial charge is 0.139 e. The molecule has 0 saturated heterocycles. The average molecular weight is 297 g/mol. The van der Waals surface area contributed by atoms with E-state index in [1.807, 2.05) is 0 Å². The van der Waals surface area contributed by atoms with Gasteiger partial charge in [-0.25, -0.2) is 0 Å². The molecule has 0 aromatic carbocycles. The Kier molecular flexibility index (Phi) is 2.37. The molecule has 22 heavy (non-hydrogen) atoms. The summed E-state index contributed by atoms with van der Waals surface area (Å²) < 4.78 is 2.66. The van der Waals surface area contributed by atoms with Gasteiger partial charge >= 0.3 is 0 Å². The summed E-state index contributed by atoms with van der Waals surface area (Å²) >= 11 is 0. The van der Waals surface area contributed by atoms with E-state index in [1.165, 1.54) is 82.3 Å². The molecule has 7 rings (SSSR count). The summed E-state index contributed by atoms with van der Waals surface area (Å²) in [5.41, 5.74) is 0.423. The number of aromatic nitrogens is 3. The van der Waals surface area contributed by atoms with Gasteiger partial charge < -0.3 is 4.57 Å². The van der Waals surface area contributed by atoms with Gasteiger partial charge in [-0.2, -0.15) is 0 Å². The summed E-state index contributed by atoms with van der Waals surface area (Å²) in [6, 6.07) is 0.756. The van der Waals surface area contributed by atoms with Gasteiger partial charge in [-0.3, -0.25) is 0 Å². The van der Waals surface area contributed by atoms with Crippen molar-refractivity contribution in [3.8, 4) is 0 Å². The van der Waals surface area contributed by atoms with Gasteiger partial charge in [0, 0.05) is 17.9 Å². The monoisotopic (exact) mass is 297 g/mol. The Morgan fingerprint density at radius 1 is 0.864 bits per heavy atom. The van der Waals surface area contributed by atoms with E-state index in [0.29, 0.717) is 5.41 Å². The highest BCUT2D eigenvalue weighted by atomic mass is 15.3. The summed E-state index contributed by atoms with van der Waals surface area (Å²) in [6.07, 6.45) is 15.6.